The standard InChI is InChI=1S/C12H24N2OS/c1-4-7-14-12(3,10-13)6-5-8-16-11(2)9-15/h11,14-15H,4-9H2,1-3H3. The number of nitriles is 1. The summed E-state index contributed by atoms with van der Waals surface area (Å²) in [6.07, 6.45) is 2.93. The third-order valence-electron chi connectivity index (χ3n) is 2.49. The Morgan fingerprint density at radius 1 is 1.56 bits per heavy atom. The molecule has 0 fully saturated rings. The van der Waals surface area contributed by atoms with Crippen LogP contribution in [0.25, 0.3) is 0 Å². The lowest BCUT2D eigenvalue weighted by molar-refractivity contribution is 0.300. The summed E-state index contributed by atoms with van der Waals surface area (Å²) < 4.78 is 0. The van der Waals surface area contributed by atoms with Gasteiger partial charge in [-0.3, -0.25) is 5.32 Å². The van der Waals surface area contributed by atoms with Crippen LogP contribution in [0.15, 0.2) is 0 Å². The Morgan fingerprint density at radius 2 is 2.25 bits per heavy atom. The van der Waals surface area contributed by atoms with Crippen molar-refractivity contribution in [3.63, 3.8) is 0 Å². The van der Waals surface area contributed by atoms with Crippen molar-refractivity contribution in [3.8, 4) is 6.07 Å². The van der Waals surface area contributed by atoms with Gasteiger partial charge in [0.15, 0.2) is 0 Å². The summed E-state index contributed by atoms with van der Waals surface area (Å²) >= 11 is 1.76. The lowest BCUT2D eigenvalue weighted by Gasteiger charge is -2.23. The van der Waals surface area contributed by atoms with Gasteiger partial charge in [0.1, 0.15) is 5.54 Å². The number of nitrogens with one attached hydrogen (secondary N) is 1. The average molecular weight is 244 g/mol. The van der Waals surface area contributed by atoms with Gasteiger partial charge in [0, 0.05) is 5.25 Å². The number of hydrogen-bond acceptors (Lipinski definition) is 4. The quantitative estimate of drug-likeness (QED) is 0.610. The number of thioether (sulfide) groups is 1. The Kier molecular flexibility index (Phi) is 8.73. The summed E-state index contributed by atoms with van der Waals surface area (Å²) in [4.78, 5) is 0. The van der Waals surface area contributed by atoms with E-state index >= 15 is 0 Å². The molecular formula is C12H24N2OS. The van der Waals surface area contributed by atoms with E-state index in [1.807, 2.05) is 13.8 Å². The van der Waals surface area contributed by atoms with Gasteiger partial charge in [0.25, 0.3) is 0 Å². The maximum atomic E-state index is 9.11. The van der Waals surface area contributed by atoms with Crippen LogP contribution < -0.4 is 5.32 Å². The van der Waals surface area contributed by atoms with Crippen molar-refractivity contribution in [2.24, 2.45) is 0 Å². The van der Waals surface area contributed by atoms with E-state index in [-0.39, 0.29) is 12.1 Å². The van der Waals surface area contributed by atoms with Gasteiger partial charge in [-0.05, 0) is 38.5 Å². The SMILES string of the molecule is CCCNC(C)(C#N)CCCSC(C)CO. The van der Waals surface area contributed by atoms with Gasteiger partial charge in [0.2, 0.25) is 0 Å². The van der Waals surface area contributed by atoms with Crippen molar-refractivity contribution in [1.82, 2.24) is 5.32 Å². The Labute approximate surface area is 104 Å². The van der Waals surface area contributed by atoms with Gasteiger partial charge >= 0.3 is 0 Å². The predicted octanol–water partition coefficient (Wildman–Crippen LogP) is 2.16. The molecule has 0 aliphatic rings. The molecule has 2 unspecified atom stereocenters. The monoisotopic (exact) mass is 244 g/mol. The molecule has 0 radical (unpaired) electrons. The average Bonchev–Trinajstić information content (AvgIpc) is 2.31. The first-order valence-electron chi connectivity index (χ1n) is 5.96. The smallest absolute Gasteiger partial charge is 0.103 e. The molecule has 0 spiro atoms. The molecule has 3 nitrogen and oxygen atoms in total. The molecule has 2 atom stereocenters. The molecule has 0 aromatic carbocycles. The highest BCUT2D eigenvalue weighted by atomic mass is 32.2. The first-order chi connectivity index (χ1) is 7.58. The fraction of sp³-hybridized carbons (Fsp3) is 0.917. The Bertz CT molecular complexity index is 218. The summed E-state index contributed by atoms with van der Waals surface area (Å²) in [6, 6.07) is 2.35. The van der Waals surface area contributed by atoms with E-state index in [1.165, 1.54) is 0 Å². The van der Waals surface area contributed by atoms with E-state index in [0.29, 0.717) is 5.25 Å². The summed E-state index contributed by atoms with van der Waals surface area (Å²) in [6.45, 7) is 7.20. The molecule has 94 valence electrons. The zero-order valence-corrected chi connectivity index (χ0v) is 11.4. The Morgan fingerprint density at radius 3 is 2.75 bits per heavy atom. The molecule has 0 aliphatic carbocycles. The van der Waals surface area contributed by atoms with Crippen molar-refractivity contribution >= 4 is 11.8 Å². The number of aliphatic hydroxyl groups is 1. The predicted molar refractivity (Wildman–Crippen MR) is 70.6 cm³/mol. The lowest BCUT2D eigenvalue weighted by atomic mass is 9.98. The van der Waals surface area contributed by atoms with Gasteiger partial charge in [-0.1, -0.05) is 13.8 Å². The Balaban J connectivity index is 3.74. The van der Waals surface area contributed by atoms with E-state index < -0.39 is 0 Å². The second-order valence-corrected chi connectivity index (χ2v) is 5.88. The summed E-state index contributed by atoms with van der Waals surface area (Å²) in [5.74, 6) is 1.01. The molecule has 0 aromatic heterocycles. The molecule has 0 aliphatic heterocycles. The maximum Gasteiger partial charge on any atom is 0.103 e. The van der Waals surface area contributed by atoms with Crippen molar-refractivity contribution in [3.05, 3.63) is 0 Å². The van der Waals surface area contributed by atoms with Gasteiger partial charge < -0.3 is 5.11 Å². The van der Waals surface area contributed by atoms with E-state index in [2.05, 4.69) is 18.3 Å². The van der Waals surface area contributed by atoms with Crippen LogP contribution in [0.3, 0.4) is 0 Å². The lowest BCUT2D eigenvalue weighted by Crippen LogP contribution is -2.41. The topological polar surface area (TPSA) is 56.0 Å². The molecule has 0 saturated heterocycles. The minimum atomic E-state index is -0.390. The fourth-order valence-electron chi connectivity index (χ4n) is 1.35. The number of hydrogen-bond donors (Lipinski definition) is 2. The second-order valence-electron chi connectivity index (χ2n) is 4.34. The van der Waals surface area contributed by atoms with Crippen LogP contribution in [0, 0.1) is 11.3 Å². The van der Waals surface area contributed by atoms with E-state index in [4.69, 9.17) is 10.4 Å². The van der Waals surface area contributed by atoms with Crippen LogP contribution in [-0.4, -0.2) is 34.8 Å². The first kappa shape index (κ1) is 15.8. The Hall–Kier alpha value is -0.240. The van der Waals surface area contributed by atoms with Crippen molar-refractivity contribution in [2.75, 3.05) is 18.9 Å². The highest BCUT2D eigenvalue weighted by molar-refractivity contribution is 7.99. The van der Waals surface area contributed by atoms with Crippen LogP contribution in [0.4, 0.5) is 0 Å². The molecule has 0 bridgehead atoms. The molecule has 4 heteroatoms. The second kappa shape index (κ2) is 8.86. The zero-order valence-electron chi connectivity index (χ0n) is 10.6. The van der Waals surface area contributed by atoms with Gasteiger partial charge in [0.05, 0.1) is 12.7 Å². The van der Waals surface area contributed by atoms with Gasteiger partial charge in [-0.15, -0.1) is 0 Å². The third kappa shape index (κ3) is 7.10. The minimum absolute atomic E-state index is 0.230. The van der Waals surface area contributed by atoms with Crippen LogP contribution in [-0.2, 0) is 0 Å². The molecule has 0 saturated carbocycles. The zero-order chi connectivity index (χ0) is 12.4. The third-order valence-corrected chi connectivity index (χ3v) is 3.74. The normalized spacial score (nSPS) is 16.4. The van der Waals surface area contributed by atoms with Crippen molar-refractivity contribution < 1.29 is 5.11 Å². The van der Waals surface area contributed by atoms with E-state index in [9.17, 15) is 0 Å². The molecule has 0 heterocycles. The summed E-state index contributed by atoms with van der Waals surface area (Å²) in [5.41, 5.74) is -0.390. The van der Waals surface area contributed by atoms with Crippen LogP contribution in [0.5, 0.6) is 0 Å². The highest BCUT2D eigenvalue weighted by Gasteiger charge is 2.21. The summed E-state index contributed by atoms with van der Waals surface area (Å²) in [5, 5.41) is 21.6. The van der Waals surface area contributed by atoms with Crippen LogP contribution >= 0.6 is 11.8 Å². The van der Waals surface area contributed by atoms with E-state index in [1.54, 1.807) is 11.8 Å². The maximum absolute atomic E-state index is 9.11. The highest BCUT2D eigenvalue weighted by Crippen LogP contribution is 2.17. The minimum Gasteiger partial charge on any atom is -0.395 e. The van der Waals surface area contributed by atoms with Crippen molar-refractivity contribution in [2.45, 2.75) is 50.8 Å². The van der Waals surface area contributed by atoms with Gasteiger partial charge in [-0.25, -0.2) is 0 Å². The molecular weight excluding hydrogens is 220 g/mol. The van der Waals surface area contributed by atoms with Crippen LogP contribution in [0.2, 0.25) is 0 Å². The molecule has 0 amide bonds. The van der Waals surface area contributed by atoms with Crippen molar-refractivity contribution in [1.29, 1.82) is 5.26 Å². The molecule has 2 N–H and O–H groups in total. The summed E-state index contributed by atoms with van der Waals surface area (Å²) in [7, 11) is 0. The van der Waals surface area contributed by atoms with E-state index in [0.717, 1.165) is 31.6 Å². The largest absolute Gasteiger partial charge is 0.395 e. The van der Waals surface area contributed by atoms with Gasteiger partial charge in [-0.2, -0.15) is 17.0 Å². The first-order valence-corrected chi connectivity index (χ1v) is 7.01. The number of aliphatic hydroxyl groups excluding tert-OH is 1. The fourth-order valence-corrected chi connectivity index (χ4v) is 2.17. The number of nitrogens with zero attached hydrogens (tertiary/aromatic N) is 1. The molecule has 0 aromatic rings. The number of rotatable bonds is 9. The van der Waals surface area contributed by atoms with Crippen LogP contribution in [0.1, 0.15) is 40.0 Å². The molecule has 16 heavy (non-hydrogen) atoms. The molecule has 0 rings (SSSR count).